The molecule has 1 aromatic carbocycles. The van der Waals surface area contributed by atoms with Gasteiger partial charge in [0.1, 0.15) is 5.75 Å². The van der Waals surface area contributed by atoms with Crippen LogP contribution < -0.4 is 0 Å². The maximum atomic E-state index is 10.3. The van der Waals surface area contributed by atoms with Crippen molar-refractivity contribution in [3.63, 3.8) is 0 Å². The Morgan fingerprint density at radius 3 is 2.11 bits per heavy atom. The molecule has 0 unspecified atom stereocenters. The molecule has 2 saturated carbocycles. The number of aromatic hydroxyl groups is 1. The third kappa shape index (κ3) is 2.28. The number of hydrogen-bond donors (Lipinski definition) is 1. The summed E-state index contributed by atoms with van der Waals surface area (Å²) < 4.78 is 0. The second-order valence-corrected chi connectivity index (χ2v) is 6.10. The summed E-state index contributed by atoms with van der Waals surface area (Å²) in [4.78, 5) is 0. The average molecular weight is 244 g/mol. The zero-order valence-electron chi connectivity index (χ0n) is 11.2. The van der Waals surface area contributed by atoms with Crippen molar-refractivity contribution in [2.24, 2.45) is 0 Å². The first kappa shape index (κ1) is 12.1. The Balaban J connectivity index is 1.94. The van der Waals surface area contributed by atoms with Crippen molar-refractivity contribution in [3.8, 4) is 5.75 Å². The van der Waals surface area contributed by atoms with E-state index in [1.54, 1.807) is 0 Å². The molecule has 1 N–H and O–H groups in total. The fourth-order valence-electron chi connectivity index (χ4n) is 4.00. The van der Waals surface area contributed by atoms with Crippen molar-refractivity contribution < 1.29 is 5.11 Å². The Kier molecular flexibility index (Phi) is 3.58. The molecule has 1 nitrogen and oxygen atoms in total. The van der Waals surface area contributed by atoms with Gasteiger partial charge in [0.15, 0.2) is 0 Å². The zero-order chi connectivity index (χ0) is 12.4. The van der Waals surface area contributed by atoms with Gasteiger partial charge in [-0.3, -0.25) is 0 Å². The van der Waals surface area contributed by atoms with E-state index in [1.807, 2.05) is 12.1 Å². The molecule has 0 bridgehead atoms. The van der Waals surface area contributed by atoms with E-state index in [1.165, 1.54) is 68.9 Å². The summed E-state index contributed by atoms with van der Waals surface area (Å²) in [5, 5.41) is 10.3. The molecule has 18 heavy (non-hydrogen) atoms. The molecule has 1 heteroatoms. The molecule has 2 fully saturated rings. The molecule has 0 amide bonds. The lowest BCUT2D eigenvalue weighted by Gasteiger charge is -2.27. The smallest absolute Gasteiger partial charge is 0.119 e. The van der Waals surface area contributed by atoms with Crippen LogP contribution in [0.5, 0.6) is 5.75 Å². The van der Waals surface area contributed by atoms with Gasteiger partial charge in [-0.25, -0.2) is 0 Å². The predicted molar refractivity (Wildman–Crippen MR) is 75.1 cm³/mol. The number of rotatable bonds is 2. The van der Waals surface area contributed by atoms with E-state index >= 15 is 0 Å². The lowest BCUT2D eigenvalue weighted by atomic mass is 9.78. The quantitative estimate of drug-likeness (QED) is 0.767. The lowest BCUT2D eigenvalue weighted by Crippen LogP contribution is -2.09. The second-order valence-electron chi connectivity index (χ2n) is 6.10. The second kappa shape index (κ2) is 5.34. The van der Waals surface area contributed by atoms with E-state index in [2.05, 4.69) is 6.07 Å². The van der Waals surface area contributed by atoms with Gasteiger partial charge in [0.05, 0.1) is 0 Å². The van der Waals surface area contributed by atoms with Gasteiger partial charge in [0.2, 0.25) is 0 Å². The summed E-state index contributed by atoms with van der Waals surface area (Å²) >= 11 is 0. The van der Waals surface area contributed by atoms with Crippen molar-refractivity contribution in [2.45, 2.75) is 69.6 Å². The van der Waals surface area contributed by atoms with E-state index in [9.17, 15) is 5.11 Å². The third-order valence-electron chi connectivity index (χ3n) is 4.93. The first-order valence-corrected chi connectivity index (χ1v) is 7.68. The van der Waals surface area contributed by atoms with Crippen LogP contribution in [0.3, 0.4) is 0 Å². The molecule has 0 heterocycles. The van der Waals surface area contributed by atoms with E-state index in [4.69, 9.17) is 0 Å². The fourth-order valence-corrected chi connectivity index (χ4v) is 4.00. The Bertz CT molecular complexity index is 398. The largest absolute Gasteiger partial charge is 0.508 e. The fraction of sp³-hybridized carbons (Fsp3) is 0.647. The molecule has 0 aromatic heterocycles. The van der Waals surface area contributed by atoms with Gasteiger partial charge in [-0.2, -0.15) is 0 Å². The summed E-state index contributed by atoms with van der Waals surface area (Å²) in [5.74, 6) is 1.90. The van der Waals surface area contributed by atoms with Gasteiger partial charge in [0, 0.05) is 5.56 Å². The van der Waals surface area contributed by atoms with E-state index < -0.39 is 0 Å². The minimum Gasteiger partial charge on any atom is -0.508 e. The highest BCUT2D eigenvalue weighted by atomic mass is 16.3. The van der Waals surface area contributed by atoms with Gasteiger partial charge < -0.3 is 5.11 Å². The molecule has 98 valence electrons. The van der Waals surface area contributed by atoms with Gasteiger partial charge in [-0.05, 0) is 49.1 Å². The Hall–Kier alpha value is -0.980. The van der Waals surface area contributed by atoms with E-state index in [0.717, 1.165) is 0 Å². The minimum atomic E-state index is 0.561. The molecular formula is C17H24O. The molecule has 2 aliphatic carbocycles. The maximum absolute atomic E-state index is 10.3. The van der Waals surface area contributed by atoms with Gasteiger partial charge in [-0.15, -0.1) is 0 Å². The summed E-state index contributed by atoms with van der Waals surface area (Å²) in [5.41, 5.74) is 2.78. The van der Waals surface area contributed by atoms with Crippen LogP contribution in [0.2, 0.25) is 0 Å². The van der Waals surface area contributed by atoms with Crippen molar-refractivity contribution in [1.82, 2.24) is 0 Å². The van der Waals surface area contributed by atoms with Crippen LogP contribution in [0.25, 0.3) is 0 Å². The van der Waals surface area contributed by atoms with Crippen molar-refractivity contribution in [1.29, 1.82) is 0 Å². The first-order chi connectivity index (χ1) is 8.86. The standard InChI is InChI=1S/C17H24O/c18-16-12-6-11-15(13-7-4-5-8-13)17(16)14-9-2-1-3-10-14/h6,11-14,18H,1-5,7-10H2. The van der Waals surface area contributed by atoms with Crippen LogP contribution >= 0.6 is 0 Å². The third-order valence-corrected chi connectivity index (χ3v) is 4.93. The lowest BCUT2D eigenvalue weighted by molar-refractivity contribution is 0.409. The highest BCUT2D eigenvalue weighted by Crippen LogP contribution is 2.44. The monoisotopic (exact) mass is 244 g/mol. The normalized spacial score (nSPS) is 22.4. The van der Waals surface area contributed by atoms with E-state index in [-0.39, 0.29) is 0 Å². The molecule has 0 radical (unpaired) electrons. The summed E-state index contributed by atoms with van der Waals surface area (Å²) in [6, 6.07) is 6.21. The summed E-state index contributed by atoms with van der Waals surface area (Å²) in [7, 11) is 0. The number of phenols is 1. The molecule has 3 rings (SSSR count). The van der Waals surface area contributed by atoms with Gasteiger partial charge in [0.25, 0.3) is 0 Å². The maximum Gasteiger partial charge on any atom is 0.119 e. The number of hydrogen-bond acceptors (Lipinski definition) is 1. The van der Waals surface area contributed by atoms with E-state index in [0.29, 0.717) is 17.6 Å². The van der Waals surface area contributed by atoms with Crippen LogP contribution in [-0.2, 0) is 0 Å². The Morgan fingerprint density at radius 1 is 0.778 bits per heavy atom. The van der Waals surface area contributed by atoms with Crippen LogP contribution in [0.1, 0.15) is 80.8 Å². The number of benzene rings is 1. The molecule has 0 saturated heterocycles. The number of phenolic OH excluding ortho intramolecular Hbond substituents is 1. The van der Waals surface area contributed by atoms with Crippen molar-refractivity contribution in [3.05, 3.63) is 29.3 Å². The minimum absolute atomic E-state index is 0.561. The topological polar surface area (TPSA) is 20.2 Å². The highest BCUT2D eigenvalue weighted by Gasteiger charge is 2.26. The van der Waals surface area contributed by atoms with Gasteiger partial charge in [-0.1, -0.05) is 44.2 Å². The van der Waals surface area contributed by atoms with Crippen LogP contribution in [-0.4, -0.2) is 5.11 Å². The molecular weight excluding hydrogens is 220 g/mol. The zero-order valence-corrected chi connectivity index (χ0v) is 11.2. The highest BCUT2D eigenvalue weighted by molar-refractivity contribution is 5.44. The molecule has 0 aliphatic heterocycles. The predicted octanol–water partition coefficient (Wildman–Crippen LogP) is 5.10. The summed E-state index contributed by atoms with van der Waals surface area (Å²) in [6.07, 6.45) is 12.0. The SMILES string of the molecule is Oc1cccc(C2CCCC2)c1C1CCCCC1. The Morgan fingerprint density at radius 2 is 1.39 bits per heavy atom. The molecule has 0 spiro atoms. The van der Waals surface area contributed by atoms with Crippen LogP contribution in [0, 0.1) is 0 Å². The molecule has 2 aliphatic rings. The van der Waals surface area contributed by atoms with Crippen molar-refractivity contribution in [2.75, 3.05) is 0 Å². The van der Waals surface area contributed by atoms with Gasteiger partial charge >= 0.3 is 0 Å². The van der Waals surface area contributed by atoms with Crippen LogP contribution in [0.15, 0.2) is 18.2 Å². The summed E-state index contributed by atoms with van der Waals surface area (Å²) in [6.45, 7) is 0. The average Bonchev–Trinajstić information content (AvgIpc) is 2.93. The van der Waals surface area contributed by atoms with Crippen LogP contribution in [0.4, 0.5) is 0 Å². The van der Waals surface area contributed by atoms with Crippen molar-refractivity contribution >= 4 is 0 Å². The Labute approximate surface area is 110 Å². The molecule has 0 atom stereocenters. The first-order valence-electron chi connectivity index (χ1n) is 7.68. The molecule has 1 aromatic rings.